The molecule has 0 unspecified atom stereocenters. The van der Waals surface area contributed by atoms with Crippen molar-refractivity contribution in [1.82, 2.24) is 4.90 Å². The van der Waals surface area contributed by atoms with Crippen LogP contribution in [-0.4, -0.2) is 41.0 Å². The lowest BCUT2D eigenvalue weighted by molar-refractivity contribution is -0.145. The molecule has 36 heavy (non-hydrogen) atoms. The second-order valence-corrected chi connectivity index (χ2v) is 10.1. The normalized spacial score (nSPS) is 23.9. The number of carbonyl (C=O) groups is 4. The van der Waals surface area contributed by atoms with E-state index < -0.39 is 46.9 Å². The zero-order valence-electron chi connectivity index (χ0n) is 19.1. The Morgan fingerprint density at radius 3 is 2.06 bits per heavy atom. The molecule has 2 amide bonds. The number of nitrogens with zero attached hydrogens (tertiary/aromatic N) is 1. The van der Waals surface area contributed by atoms with E-state index in [1.165, 1.54) is 0 Å². The number of ketones is 2. The molecule has 0 radical (unpaired) electrons. The minimum absolute atomic E-state index is 0.0210. The topological polar surface area (TPSA) is 90.0 Å². The number of ether oxygens (including phenoxy) is 2. The van der Waals surface area contributed by atoms with Crippen LogP contribution in [0, 0.1) is 11.8 Å². The van der Waals surface area contributed by atoms with E-state index in [-0.39, 0.29) is 17.7 Å². The quantitative estimate of drug-likeness (QED) is 0.361. The Morgan fingerprint density at radius 1 is 0.861 bits per heavy atom. The van der Waals surface area contributed by atoms with Crippen LogP contribution < -0.4 is 4.74 Å². The Balaban J connectivity index is 1.45. The highest BCUT2D eigenvalue weighted by Crippen LogP contribution is 2.57. The van der Waals surface area contributed by atoms with Gasteiger partial charge in [0.05, 0.1) is 31.6 Å². The van der Waals surface area contributed by atoms with Gasteiger partial charge in [-0.05, 0) is 35.4 Å². The molecule has 7 nitrogen and oxygen atoms in total. The molecule has 6 rings (SSSR count). The lowest BCUT2D eigenvalue weighted by Crippen LogP contribution is -2.50. The monoisotopic (exact) mass is 545 g/mol. The molecule has 3 aliphatic rings. The van der Waals surface area contributed by atoms with Gasteiger partial charge in [0, 0.05) is 15.6 Å². The zero-order chi connectivity index (χ0) is 25.2. The highest BCUT2D eigenvalue weighted by molar-refractivity contribution is 9.10. The number of benzene rings is 3. The SMILES string of the molecule is COc1ccc(CN2C(=O)[C@@H]3[C@@H](C2=O)C2(O[C@H]3c3ccc(Br)cc3)C(=O)c3ccccc3C2=O)cc1. The Labute approximate surface area is 215 Å². The maximum atomic E-state index is 13.8. The Morgan fingerprint density at radius 2 is 1.47 bits per heavy atom. The van der Waals surface area contributed by atoms with Crippen molar-refractivity contribution in [2.75, 3.05) is 7.11 Å². The van der Waals surface area contributed by atoms with Crippen molar-refractivity contribution in [1.29, 1.82) is 0 Å². The molecule has 8 heteroatoms. The number of methoxy groups -OCH3 is 1. The molecule has 1 aliphatic carbocycles. The minimum Gasteiger partial charge on any atom is -0.497 e. The molecule has 2 fully saturated rings. The fraction of sp³-hybridized carbons (Fsp3) is 0.214. The first-order valence-corrected chi connectivity index (χ1v) is 12.3. The average Bonchev–Trinajstić information content (AvgIpc) is 3.46. The van der Waals surface area contributed by atoms with Crippen LogP contribution in [-0.2, 0) is 20.9 Å². The number of hydrogen-bond donors (Lipinski definition) is 0. The number of imide groups is 1. The van der Waals surface area contributed by atoms with Crippen molar-refractivity contribution in [2.45, 2.75) is 18.2 Å². The number of likely N-dealkylation sites (tertiary alicyclic amines) is 1. The van der Waals surface area contributed by atoms with Crippen LogP contribution in [0.2, 0.25) is 0 Å². The molecule has 2 saturated heterocycles. The van der Waals surface area contributed by atoms with E-state index in [1.807, 2.05) is 0 Å². The fourth-order valence-electron chi connectivity index (χ4n) is 5.60. The molecule has 3 aromatic rings. The van der Waals surface area contributed by atoms with Crippen LogP contribution in [0.4, 0.5) is 0 Å². The molecule has 0 N–H and O–H groups in total. The van der Waals surface area contributed by atoms with Crippen molar-refractivity contribution in [3.8, 4) is 5.75 Å². The van der Waals surface area contributed by atoms with Gasteiger partial charge >= 0.3 is 0 Å². The van der Waals surface area contributed by atoms with Gasteiger partial charge in [-0.15, -0.1) is 0 Å². The summed E-state index contributed by atoms with van der Waals surface area (Å²) in [7, 11) is 1.55. The van der Waals surface area contributed by atoms with E-state index in [1.54, 1.807) is 79.9 Å². The number of hydrogen-bond acceptors (Lipinski definition) is 6. The van der Waals surface area contributed by atoms with E-state index in [2.05, 4.69) is 15.9 Å². The van der Waals surface area contributed by atoms with Crippen LogP contribution in [0.3, 0.4) is 0 Å². The van der Waals surface area contributed by atoms with Crippen LogP contribution in [0.5, 0.6) is 5.75 Å². The van der Waals surface area contributed by atoms with Crippen molar-refractivity contribution in [3.05, 3.63) is 99.5 Å². The summed E-state index contributed by atoms with van der Waals surface area (Å²) in [5.74, 6) is -3.76. The number of halogens is 1. The molecular formula is C28H20BrNO6. The molecule has 180 valence electrons. The average molecular weight is 546 g/mol. The van der Waals surface area contributed by atoms with Gasteiger partial charge in [-0.3, -0.25) is 24.1 Å². The summed E-state index contributed by atoms with van der Waals surface area (Å²) in [4.78, 5) is 56.3. The summed E-state index contributed by atoms with van der Waals surface area (Å²) >= 11 is 3.40. The maximum absolute atomic E-state index is 13.8. The van der Waals surface area contributed by atoms with Crippen molar-refractivity contribution >= 4 is 39.3 Å². The maximum Gasteiger partial charge on any atom is 0.237 e. The third-order valence-electron chi connectivity index (χ3n) is 7.31. The summed E-state index contributed by atoms with van der Waals surface area (Å²) in [6.07, 6.45) is -0.928. The Bertz CT molecular complexity index is 1400. The summed E-state index contributed by atoms with van der Waals surface area (Å²) in [6, 6.07) is 20.6. The first-order chi connectivity index (χ1) is 17.4. The van der Waals surface area contributed by atoms with Gasteiger partial charge in [0.2, 0.25) is 29.0 Å². The summed E-state index contributed by atoms with van der Waals surface area (Å²) < 4.78 is 12.3. The minimum atomic E-state index is -2.06. The molecule has 2 heterocycles. The second kappa shape index (κ2) is 8.21. The Hall–Kier alpha value is -3.62. The highest BCUT2D eigenvalue weighted by atomic mass is 79.9. The predicted molar refractivity (Wildman–Crippen MR) is 131 cm³/mol. The van der Waals surface area contributed by atoms with Gasteiger partial charge in [-0.2, -0.15) is 0 Å². The number of rotatable bonds is 4. The first kappa shape index (κ1) is 22.8. The van der Waals surface area contributed by atoms with Gasteiger partial charge in [-0.1, -0.05) is 64.5 Å². The Kier molecular flexibility index (Phi) is 5.21. The smallest absolute Gasteiger partial charge is 0.237 e. The molecular weight excluding hydrogens is 526 g/mol. The number of amides is 2. The summed E-state index contributed by atoms with van der Waals surface area (Å²) in [5, 5.41) is 0. The molecule has 3 atom stereocenters. The van der Waals surface area contributed by atoms with Crippen LogP contribution >= 0.6 is 15.9 Å². The van der Waals surface area contributed by atoms with Crippen LogP contribution in [0.15, 0.2) is 77.3 Å². The number of Topliss-reactive ketones (excluding diaryl/α,β-unsaturated/α-hetero) is 2. The van der Waals surface area contributed by atoms with Crippen molar-refractivity contribution in [2.24, 2.45) is 11.8 Å². The zero-order valence-corrected chi connectivity index (χ0v) is 20.7. The van der Waals surface area contributed by atoms with Gasteiger partial charge in [0.15, 0.2) is 0 Å². The van der Waals surface area contributed by atoms with Crippen LogP contribution in [0.25, 0.3) is 0 Å². The fourth-order valence-corrected chi connectivity index (χ4v) is 5.86. The van der Waals surface area contributed by atoms with E-state index in [0.717, 1.165) is 14.9 Å². The molecule has 2 aliphatic heterocycles. The van der Waals surface area contributed by atoms with Crippen molar-refractivity contribution in [3.63, 3.8) is 0 Å². The second-order valence-electron chi connectivity index (χ2n) is 9.14. The third-order valence-corrected chi connectivity index (χ3v) is 7.84. The van der Waals surface area contributed by atoms with E-state index >= 15 is 0 Å². The van der Waals surface area contributed by atoms with E-state index in [4.69, 9.17) is 9.47 Å². The van der Waals surface area contributed by atoms with Gasteiger partial charge < -0.3 is 9.47 Å². The largest absolute Gasteiger partial charge is 0.497 e. The third kappa shape index (κ3) is 3.07. The van der Waals surface area contributed by atoms with Gasteiger partial charge in [-0.25, -0.2) is 0 Å². The summed E-state index contributed by atoms with van der Waals surface area (Å²) in [6.45, 7) is 0.0210. The highest BCUT2D eigenvalue weighted by Gasteiger charge is 2.74. The lowest BCUT2D eigenvalue weighted by atomic mass is 9.77. The molecule has 3 aromatic carbocycles. The molecule has 0 saturated carbocycles. The number of fused-ring (bicyclic) bond motifs is 3. The van der Waals surface area contributed by atoms with E-state index in [9.17, 15) is 19.2 Å². The van der Waals surface area contributed by atoms with Gasteiger partial charge in [0.25, 0.3) is 0 Å². The summed E-state index contributed by atoms with van der Waals surface area (Å²) in [5.41, 5.74) is -0.291. The predicted octanol–water partition coefficient (Wildman–Crippen LogP) is 4.15. The van der Waals surface area contributed by atoms with Crippen molar-refractivity contribution < 1.29 is 28.7 Å². The molecule has 0 aromatic heterocycles. The van der Waals surface area contributed by atoms with E-state index in [0.29, 0.717) is 11.3 Å². The number of carbonyl (C=O) groups excluding carboxylic acids is 4. The molecule has 1 spiro atoms. The first-order valence-electron chi connectivity index (χ1n) is 11.5. The van der Waals surface area contributed by atoms with Crippen LogP contribution in [0.1, 0.15) is 37.9 Å². The molecule has 0 bridgehead atoms. The standard InChI is InChI=1S/C28H20BrNO6/c1-35-18-12-6-15(7-13-18)14-30-26(33)21-22(27(30)34)28(36-23(21)16-8-10-17(29)11-9-16)24(31)19-4-2-3-5-20(19)25(28)32/h2-13,21-23H,14H2,1H3/t21-,22+,23+/m1/s1. The van der Waals surface area contributed by atoms with Gasteiger partial charge in [0.1, 0.15) is 5.75 Å². The lowest BCUT2D eigenvalue weighted by Gasteiger charge is -2.27.